The molecule has 6 heteroatoms. The van der Waals surface area contributed by atoms with Crippen LogP contribution in [0.3, 0.4) is 0 Å². The van der Waals surface area contributed by atoms with E-state index >= 15 is 0 Å². The van der Waals surface area contributed by atoms with E-state index in [-0.39, 0.29) is 17.9 Å². The lowest BCUT2D eigenvalue weighted by molar-refractivity contribution is -0.187. The summed E-state index contributed by atoms with van der Waals surface area (Å²) in [6.45, 7) is 3.06. The molecule has 0 bridgehead atoms. The predicted octanol–water partition coefficient (Wildman–Crippen LogP) is 3.90. The molecule has 1 heterocycles. The van der Waals surface area contributed by atoms with Gasteiger partial charge in [0, 0.05) is 37.5 Å². The van der Waals surface area contributed by atoms with E-state index in [2.05, 4.69) is 24.1 Å². The van der Waals surface area contributed by atoms with Gasteiger partial charge in [-0.05, 0) is 69.1 Å². The van der Waals surface area contributed by atoms with Gasteiger partial charge < -0.3 is 19.3 Å². The molecule has 2 unspecified atom stereocenters. The lowest BCUT2D eigenvalue weighted by atomic mass is 9.55. The molecule has 1 amide bonds. The average Bonchev–Trinajstić information content (AvgIpc) is 2.82. The summed E-state index contributed by atoms with van der Waals surface area (Å²) in [6, 6.07) is 17.6. The second kappa shape index (κ2) is 9.18. The highest BCUT2D eigenvalue weighted by Crippen LogP contribution is 2.54. The summed E-state index contributed by atoms with van der Waals surface area (Å²) in [6.07, 6.45) is 3.05. The number of ether oxygens (including phenoxy) is 2. The van der Waals surface area contributed by atoms with Gasteiger partial charge in [-0.15, -0.1) is 0 Å². The van der Waals surface area contributed by atoms with Crippen molar-refractivity contribution in [1.82, 2.24) is 9.80 Å². The fourth-order valence-electron chi connectivity index (χ4n) is 5.97. The SMILES string of the molecule is COc1cccc(C23CCN(C)CC2(OC(C)=O)CC[C@H](N(C)C(=O)c2ccccc2)C3)c1. The Morgan fingerprint density at radius 1 is 1.09 bits per heavy atom. The van der Waals surface area contributed by atoms with Crippen molar-refractivity contribution in [2.45, 2.75) is 49.7 Å². The normalized spacial score (nSPS) is 27.3. The molecule has 1 aliphatic heterocycles. The van der Waals surface area contributed by atoms with E-state index in [1.54, 1.807) is 7.11 Å². The molecule has 33 heavy (non-hydrogen) atoms. The number of nitrogens with zero attached hydrogens (tertiary/aromatic N) is 2. The standard InChI is InChI=1S/C27H34N2O4/c1-20(30)33-27-14-13-23(29(3)25(31)21-9-6-5-7-10-21)18-26(27,15-16-28(2)19-27)22-11-8-12-24(17-22)32-4/h5-12,17,23H,13-16,18-19H2,1-4H3/t23-,26?,27?/m0/s1. The third kappa shape index (κ3) is 4.24. The highest BCUT2D eigenvalue weighted by atomic mass is 16.6. The number of rotatable bonds is 5. The van der Waals surface area contributed by atoms with Crippen molar-refractivity contribution in [2.24, 2.45) is 0 Å². The van der Waals surface area contributed by atoms with Gasteiger partial charge in [-0.3, -0.25) is 9.59 Å². The minimum Gasteiger partial charge on any atom is -0.497 e. The molecule has 6 nitrogen and oxygen atoms in total. The monoisotopic (exact) mass is 450 g/mol. The fraction of sp³-hybridized carbons (Fsp3) is 0.481. The number of likely N-dealkylation sites (tertiary alicyclic amines) is 1. The van der Waals surface area contributed by atoms with E-state index in [1.165, 1.54) is 6.92 Å². The molecule has 176 valence electrons. The van der Waals surface area contributed by atoms with Crippen molar-refractivity contribution in [2.75, 3.05) is 34.3 Å². The van der Waals surface area contributed by atoms with Gasteiger partial charge in [0.05, 0.1) is 7.11 Å². The van der Waals surface area contributed by atoms with Gasteiger partial charge in [0.15, 0.2) is 0 Å². The van der Waals surface area contributed by atoms with Crippen LogP contribution in [0, 0.1) is 0 Å². The van der Waals surface area contributed by atoms with E-state index in [0.29, 0.717) is 18.5 Å². The topological polar surface area (TPSA) is 59.1 Å². The van der Waals surface area contributed by atoms with Gasteiger partial charge in [0.25, 0.3) is 5.91 Å². The Morgan fingerprint density at radius 2 is 1.85 bits per heavy atom. The zero-order chi connectivity index (χ0) is 23.6. The Kier molecular flexibility index (Phi) is 6.48. The molecule has 0 N–H and O–H groups in total. The van der Waals surface area contributed by atoms with Crippen LogP contribution in [-0.4, -0.2) is 67.6 Å². The molecular weight excluding hydrogens is 416 g/mol. The molecule has 0 aromatic heterocycles. The molecule has 1 aliphatic carbocycles. The summed E-state index contributed by atoms with van der Waals surface area (Å²) in [5.41, 5.74) is 0.747. The van der Waals surface area contributed by atoms with E-state index in [9.17, 15) is 9.59 Å². The Bertz CT molecular complexity index is 1010. The third-order valence-corrected chi connectivity index (χ3v) is 7.63. The van der Waals surface area contributed by atoms with Crippen molar-refractivity contribution in [3.63, 3.8) is 0 Å². The maximum absolute atomic E-state index is 13.3. The van der Waals surface area contributed by atoms with Crippen LogP contribution >= 0.6 is 0 Å². The molecule has 1 saturated carbocycles. The summed E-state index contributed by atoms with van der Waals surface area (Å²) in [7, 11) is 5.64. The molecule has 1 saturated heterocycles. The van der Waals surface area contributed by atoms with Crippen LogP contribution in [0.2, 0.25) is 0 Å². The first-order valence-electron chi connectivity index (χ1n) is 11.7. The largest absolute Gasteiger partial charge is 0.497 e. The maximum atomic E-state index is 13.3. The zero-order valence-corrected chi connectivity index (χ0v) is 20.0. The number of hydrogen-bond donors (Lipinski definition) is 0. The van der Waals surface area contributed by atoms with Crippen LogP contribution < -0.4 is 4.74 Å². The number of fused-ring (bicyclic) bond motifs is 1. The lowest BCUT2D eigenvalue weighted by Crippen LogP contribution is -2.68. The van der Waals surface area contributed by atoms with Crippen LogP contribution in [0.5, 0.6) is 5.75 Å². The zero-order valence-electron chi connectivity index (χ0n) is 20.0. The minimum atomic E-state index is -0.647. The first kappa shape index (κ1) is 23.3. The van der Waals surface area contributed by atoms with Crippen LogP contribution in [0.4, 0.5) is 0 Å². The van der Waals surface area contributed by atoms with Crippen LogP contribution in [0.15, 0.2) is 54.6 Å². The number of hydrogen-bond acceptors (Lipinski definition) is 5. The number of likely N-dealkylation sites (N-methyl/N-ethyl adjacent to an activating group) is 1. The third-order valence-electron chi connectivity index (χ3n) is 7.63. The van der Waals surface area contributed by atoms with E-state index in [4.69, 9.17) is 9.47 Å². The van der Waals surface area contributed by atoms with Crippen LogP contribution in [0.25, 0.3) is 0 Å². The summed E-state index contributed by atoms with van der Waals surface area (Å²) >= 11 is 0. The Balaban J connectivity index is 1.76. The van der Waals surface area contributed by atoms with Crippen molar-refractivity contribution < 1.29 is 19.1 Å². The summed E-state index contributed by atoms with van der Waals surface area (Å²) in [4.78, 5) is 29.7. The summed E-state index contributed by atoms with van der Waals surface area (Å²) in [5.74, 6) is 0.549. The Labute approximate surface area is 196 Å². The van der Waals surface area contributed by atoms with Gasteiger partial charge in [-0.1, -0.05) is 30.3 Å². The number of amides is 1. The van der Waals surface area contributed by atoms with Gasteiger partial charge in [0.2, 0.25) is 0 Å². The number of piperidine rings is 1. The Morgan fingerprint density at radius 3 is 2.55 bits per heavy atom. The number of esters is 1. The highest BCUT2D eigenvalue weighted by Gasteiger charge is 2.61. The molecule has 2 aromatic carbocycles. The molecule has 2 aliphatic rings. The number of benzene rings is 2. The summed E-state index contributed by atoms with van der Waals surface area (Å²) < 4.78 is 11.8. The maximum Gasteiger partial charge on any atom is 0.303 e. The van der Waals surface area contributed by atoms with E-state index < -0.39 is 11.0 Å². The molecule has 3 atom stereocenters. The second-order valence-corrected chi connectivity index (χ2v) is 9.57. The van der Waals surface area contributed by atoms with Gasteiger partial charge in [-0.2, -0.15) is 0 Å². The van der Waals surface area contributed by atoms with Crippen molar-refractivity contribution in [1.29, 1.82) is 0 Å². The van der Waals surface area contributed by atoms with Crippen molar-refractivity contribution in [3.8, 4) is 5.75 Å². The molecule has 0 radical (unpaired) electrons. The first-order chi connectivity index (χ1) is 15.8. The molecule has 0 spiro atoms. The van der Waals surface area contributed by atoms with E-state index in [0.717, 1.165) is 37.1 Å². The smallest absolute Gasteiger partial charge is 0.303 e. The van der Waals surface area contributed by atoms with Gasteiger partial charge >= 0.3 is 5.97 Å². The number of methoxy groups -OCH3 is 1. The van der Waals surface area contributed by atoms with Gasteiger partial charge in [0.1, 0.15) is 11.4 Å². The van der Waals surface area contributed by atoms with Crippen molar-refractivity contribution >= 4 is 11.9 Å². The molecule has 4 rings (SSSR count). The molecule has 2 aromatic rings. The first-order valence-corrected chi connectivity index (χ1v) is 11.7. The molecule has 2 fully saturated rings. The van der Waals surface area contributed by atoms with E-state index in [1.807, 2.05) is 54.4 Å². The number of carbonyl (C=O) groups excluding carboxylic acids is 2. The second-order valence-electron chi connectivity index (χ2n) is 9.57. The predicted molar refractivity (Wildman–Crippen MR) is 127 cm³/mol. The average molecular weight is 451 g/mol. The number of carbonyl (C=O) groups is 2. The summed E-state index contributed by atoms with van der Waals surface area (Å²) in [5, 5.41) is 0. The van der Waals surface area contributed by atoms with Crippen LogP contribution in [-0.2, 0) is 14.9 Å². The quantitative estimate of drug-likeness (QED) is 0.647. The molecular formula is C27H34N2O4. The lowest BCUT2D eigenvalue weighted by Gasteiger charge is -2.59. The van der Waals surface area contributed by atoms with Crippen molar-refractivity contribution in [3.05, 3.63) is 65.7 Å². The van der Waals surface area contributed by atoms with Gasteiger partial charge in [-0.25, -0.2) is 0 Å². The minimum absolute atomic E-state index is 0.0225. The Hall–Kier alpha value is -2.86. The fourth-order valence-corrected chi connectivity index (χ4v) is 5.97. The van der Waals surface area contributed by atoms with Crippen LogP contribution in [0.1, 0.15) is 48.5 Å². The highest BCUT2D eigenvalue weighted by molar-refractivity contribution is 5.94.